The van der Waals surface area contributed by atoms with Gasteiger partial charge in [0, 0.05) is 57.0 Å². The van der Waals surface area contributed by atoms with Crippen molar-refractivity contribution in [3.63, 3.8) is 0 Å². The predicted octanol–water partition coefficient (Wildman–Crippen LogP) is 6.64. The van der Waals surface area contributed by atoms with Gasteiger partial charge in [-0.1, -0.05) is 41.4 Å². The van der Waals surface area contributed by atoms with E-state index in [1.807, 2.05) is 37.3 Å². The normalized spacial score (nSPS) is 13.2. The van der Waals surface area contributed by atoms with Crippen molar-refractivity contribution < 1.29 is 33.4 Å². The molecule has 0 saturated heterocycles. The van der Waals surface area contributed by atoms with Crippen molar-refractivity contribution in [2.45, 2.75) is 58.0 Å². The van der Waals surface area contributed by atoms with Crippen molar-refractivity contribution in [3.05, 3.63) is 93.5 Å². The molecular weight excluding hydrogens is 700 g/mol. The number of para-hydroxylation sites is 1. The number of carbonyl (C=O) groups excluding carboxylic acids is 2. The second-order valence-electron chi connectivity index (χ2n) is 12.2. The molecule has 5 rings (SSSR count). The molecule has 0 saturated carbocycles. The molecule has 4 N–H and O–H groups in total. The lowest BCUT2D eigenvalue weighted by Gasteiger charge is -2.23. The van der Waals surface area contributed by atoms with Crippen molar-refractivity contribution in [1.82, 2.24) is 15.1 Å². The fourth-order valence-electron chi connectivity index (χ4n) is 5.81. The number of nitrogens with two attached hydrogens (primary N) is 1. The molecule has 0 radical (unpaired) electrons. The first kappa shape index (κ1) is 37.6. The van der Waals surface area contributed by atoms with E-state index in [-0.39, 0.29) is 41.4 Å². The van der Waals surface area contributed by atoms with Gasteiger partial charge in [0.1, 0.15) is 17.6 Å². The number of carboxylic acid groups (broad SMARTS) is 1. The van der Waals surface area contributed by atoms with Gasteiger partial charge in [-0.25, -0.2) is 9.18 Å². The average molecular weight is 741 g/mol. The van der Waals surface area contributed by atoms with Crippen molar-refractivity contribution in [2.24, 2.45) is 5.73 Å². The molecule has 1 atom stereocenters. The van der Waals surface area contributed by atoms with E-state index < -0.39 is 23.7 Å². The number of carbonyl (C=O) groups is 3. The molecule has 2 amide bonds. The molecule has 1 aliphatic heterocycles. The minimum absolute atomic E-state index is 0.00799. The van der Waals surface area contributed by atoms with Crippen LogP contribution < -0.4 is 25.4 Å². The zero-order chi connectivity index (χ0) is 36.5. The van der Waals surface area contributed by atoms with E-state index in [0.29, 0.717) is 79.8 Å². The molecule has 51 heavy (non-hydrogen) atoms. The lowest BCUT2D eigenvalue weighted by Crippen LogP contribution is -2.40. The summed E-state index contributed by atoms with van der Waals surface area (Å²) in [7, 11) is 0. The van der Waals surface area contributed by atoms with Crippen LogP contribution in [0.4, 0.5) is 10.1 Å². The number of aromatic nitrogens is 2. The Morgan fingerprint density at radius 2 is 1.92 bits per heavy atom. The van der Waals surface area contributed by atoms with Gasteiger partial charge in [0.05, 0.1) is 31.6 Å². The number of halogens is 3. The number of carboxylic acids is 1. The molecule has 270 valence electrons. The number of amides is 2. The summed E-state index contributed by atoms with van der Waals surface area (Å²) < 4.78 is 28.9. The number of anilines is 1. The number of fused-ring (bicyclic) bond motifs is 1. The van der Waals surface area contributed by atoms with Gasteiger partial charge >= 0.3 is 5.97 Å². The van der Waals surface area contributed by atoms with Crippen molar-refractivity contribution >= 4 is 46.7 Å². The third-order valence-corrected chi connectivity index (χ3v) is 9.33. The quantitative estimate of drug-likeness (QED) is 0.115. The third kappa shape index (κ3) is 9.37. The largest absolute Gasteiger partial charge is 0.493 e. The first-order chi connectivity index (χ1) is 24.6. The number of rotatable bonds is 15. The molecule has 0 bridgehead atoms. The van der Waals surface area contributed by atoms with Gasteiger partial charge in [-0.2, -0.15) is 5.10 Å². The van der Waals surface area contributed by atoms with Gasteiger partial charge in [-0.3, -0.25) is 14.3 Å². The monoisotopic (exact) mass is 739 g/mol. The molecule has 1 aliphatic rings. The number of nitrogens with one attached hydrogen (secondary N) is 1. The highest BCUT2D eigenvalue weighted by Gasteiger charge is 2.26. The Labute approximate surface area is 305 Å². The zero-order valence-corrected chi connectivity index (χ0v) is 29.7. The first-order valence-electron chi connectivity index (χ1n) is 16.8. The summed E-state index contributed by atoms with van der Waals surface area (Å²) in [4.78, 5) is 39.6. The van der Waals surface area contributed by atoms with Crippen LogP contribution in [-0.2, 0) is 16.1 Å². The Morgan fingerprint density at radius 3 is 2.69 bits per heavy atom. The van der Waals surface area contributed by atoms with Crippen LogP contribution in [0.5, 0.6) is 11.5 Å². The van der Waals surface area contributed by atoms with Gasteiger partial charge in [0.25, 0.3) is 5.91 Å². The molecular formula is C37H40Cl2FN5O6. The van der Waals surface area contributed by atoms with Gasteiger partial charge in [0.2, 0.25) is 5.91 Å². The fraction of sp³-hybridized carbons (Fsp3) is 0.351. The van der Waals surface area contributed by atoms with E-state index in [1.54, 1.807) is 23.4 Å². The summed E-state index contributed by atoms with van der Waals surface area (Å²) in [5, 5.41) is 16.9. The number of unbranched alkanes of at least 4 members (excludes halogenated alkanes) is 1. The van der Waals surface area contributed by atoms with E-state index in [0.717, 1.165) is 17.2 Å². The van der Waals surface area contributed by atoms with Crippen LogP contribution in [0.2, 0.25) is 10.0 Å². The minimum atomic E-state index is -1.19. The number of hydrogen-bond acceptors (Lipinski definition) is 7. The van der Waals surface area contributed by atoms with Gasteiger partial charge in [0.15, 0.2) is 5.75 Å². The van der Waals surface area contributed by atoms with Crippen LogP contribution in [0.25, 0.3) is 11.1 Å². The number of aliphatic carboxylic acids is 1. The van der Waals surface area contributed by atoms with Crippen LogP contribution in [0.3, 0.4) is 0 Å². The summed E-state index contributed by atoms with van der Waals surface area (Å²) >= 11 is 12.6. The maximum absolute atomic E-state index is 15.3. The molecule has 1 unspecified atom stereocenters. The van der Waals surface area contributed by atoms with E-state index in [1.165, 1.54) is 10.7 Å². The van der Waals surface area contributed by atoms with E-state index in [4.69, 9.17) is 38.4 Å². The summed E-state index contributed by atoms with van der Waals surface area (Å²) in [6.07, 6.45) is 6.12. The van der Waals surface area contributed by atoms with Crippen LogP contribution >= 0.6 is 23.2 Å². The van der Waals surface area contributed by atoms with Crippen LogP contribution in [-0.4, -0.2) is 65.0 Å². The lowest BCUT2D eigenvalue weighted by molar-refractivity contribution is -0.139. The molecule has 1 aromatic heterocycles. The Morgan fingerprint density at radius 1 is 1.12 bits per heavy atom. The van der Waals surface area contributed by atoms with Gasteiger partial charge in [-0.05, 0) is 75.9 Å². The topological polar surface area (TPSA) is 149 Å². The minimum Gasteiger partial charge on any atom is -0.493 e. The number of nitrogens with zero attached hydrogens (tertiary/aromatic N) is 3. The standard InChI is InChI=1S/C37H40Cl2FN5O6/c1-23-28(38)9-5-12-33(23)50-16-6-13-34(46)45-15-7-17-51-35-26(8-4-11-32(35)45)25-20-42-44(21-25)22-27-29(39)18-24(19-30(27)40)36(47)43-31(37(48)49)10-2-3-14-41/h4-5,8-9,11-12,18-21,31H,2-3,6-7,10,13-17,22,41H2,1H3,(H,43,47)(H,48,49). The molecule has 2 heterocycles. The molecule has 3 aromatic carbocycles. The number of hydrogen-bond donors (Lipinski definition) is 3. The van der Waals surface area contributed by atoms with Crippen LogP contribution in [0.15, 0.2) is 60.9 Å². The first-order valence-corrected chi connectivity index (χ1v) is 17.5. The Bertz CT molecular complexity index is 1860. The number of benzene rings is 3. The Kier molecular flexibility index (Phi) is 12.9. The lowest BCUT2D eigenvalue weighted by atomic mass is 10.1. The van der Waals surface area contributed by atoms with Crippen LogP contribution in [0, 0.1) is 12.7 Å². The summed E-state index contributed by atoms with van der Waals surface area (Å²) in [5.41, 5.74) is 8.40. The summed E-state index contributed by atoms with van der Waals surface area (Å²) in [6, 6.07) is 12.2. The SMILES string of the molecule is Cc1c(Cl)cccc1OCCCC(=O)N1CCCOc2c(-c3cnn(Cc4c(F)cc(C(=O)NC(CCCCN)C(=O)O)cc4Cl)c3)cccc21. The average Bonchev–Trinajstić information content (AvgIpc) is 3.46. The zero-order valence-electron chi connectivity index (χ0n) is 28.2. The van der Waals surface area contributed by atoms with Gasteiger partial charge in [-0.15, -0.1) is 0 Å². The highest BCUT2D eigenvalue weighted by atomic mass is 35.5. The highest BCUT2D eigenvalue weighted by Crippen LogP contribution is 2.40. The molecule has 11 nitrogen and oxygen atoms in total. The molecule has 4 aromatic rings. The third-order valence-electron chi connectivity index (χ3n) is 8.59. The number of ether oxygens (including phenoxy) is 2. The van der Waals surface area contributed by atoms with Crippen molar-refractivity contribution in [1.29, 1.82) is 0 Å². The second-order valence-corrected chi connectivity index (χ2v) is 13.0. The molecule has 0 fully saturated rings. The van der Waals surface area contributed by atoms with Crippen molar-refractivity contribution in [2.75, 3.05) is 31.2 Å². The smallest absolute Gasteiger partial charge is 0.326 e. The molecule has 14 heteroatoms. The molecule has 0 aliphatic carbocycles. The highest BCUT2D eigenvalue weighted by molar-refractivity contribution is 6.32. The maximum Gasteiger partial charge on any atom is 0.326 e. The van der Waals surface area contributed by atoms with Gasteiger partial charge < -0.3 is 30.5 Å². The predicted molar refractivity (Wildman–Crippen MR) is 193 cm³/mol. The van der Waals surface area contributed by atoms with E-state index >= 15 is 4.39 Å². The Hall–Kier alpha value is -4.65. The fourth-order valence-corrected chi connectivity index (χ4v) is 6.24. The van der Waals surface area contributed by atoms with E-state index in [9.17, 15) is 19.5 Å². The summed E-state index contributed by atoms with van der Waals surface area (Å²) in [5.74, 6) is -1.48. The van der Waals surface area contributed by atoms with Crippen molar-refractivity contribution in [3.8, 4) is 22.6 Å². The second kappa shape index (κ2) is 17.5. The maximum atomic E-state index is 15.3. The Balaban J connectivity index is 1.26. The van der Waals surface area contributed by atoms with E-state index in [2.05, 4.69) is 10.4 Å². The molecule has 0 spiro atoms. The summed E-state index contributed by atoms with van der Waals surface area (Å²) in [6.45, 7) is 3.54. The van der Waals surface area contributed by atoms with Crippen LogP contribution in [0.1, 0.15) is 60.0 Å².